The molecule has 1 aromatic carbocycles. The Hall–Kier alpha value is -2.31. The van der Waals surface area contributed by atoms with Crippen molar-refractivity contribution >= 4 is 0 Å². The summed E-state index contributed by atoms with van der Waals surface area (Å²) in [6.07, 6.45) is 2.17. The average molecular weight is 387 g/mol. The zero-order valence-electron chi connectivity index (χ0n) is 16.6. The van der Waals surface area contributed by atoms with E-state index in [0.29, 0.717) is 38.9 Å². The quantitative estimate of drug-likeness (QED) is 0.712. The van der Waals surface area contributed by atoms with Crippen LogP contribution >= 0.6 is 0 Å². The molecule has 28 heavy (non-hydrogen) atoms. The fraction of sp³-hybridized carbons (Fsp3) is 0.500. The molecule has 1 aromatic heterocycles. The number of nitrogens with zero attached hydrogens (tertiary/aromatic N) is 1. The van der Waals surface area contributed by atoms with Crippen LogP contribution in [0.5, 0.6) is 17.4 Å². The zero-order valence-corrected chi connectivity index (χ0v) is 16.6. The lowest BCUT2D eigenvalue weighted by Crippen LogP contribution is -2.33. The van der Waals surface area contributed by atoms with E-state index < -0.39 is 0 Å². The number of aromatic hydroxyl groups is 1. The predicted octanol–water partition coefficient (Wildman–Crippen LogP) is 3.33. The molecule has 2 heterocycles. The standard InChI is InChI=1S/C22H29NO5/c1-3-19-20(10-7-16-5-8-17(9-6-16)26-4-2)23-22(13-21(19)24)28-15-18-14-25-11-12-27-18/h5-6,8-9,13,18H,3-4,7,10-12,14-15H2,1-2H3,(H,23,24). The summed E-state index contributed by atoms with van der Waals surface area (Å²) in [6, 6.07) is 9.68. The summed E-state index contributed by atoms with van der Waals surface area (Å²) in [5, 5.41) is 10.4. The van der Waals surface area contributed by atoms with Crippen molar-refractivity contribution in [2.24, 2.45) is 0 Å². The van der Waals surface area contributed by atoms with Gasteiger partial charge in [0.15, 0.2) is 0 Å². The molecule has 3 rings (SSSR count). The molecular formula is C22H29NO5. The summed E-state index contributed by atoms with van der Waals surface area (Å²) >= 11 is 0. The minimum atomic E-state index is -0.101. The van der Waals surface area contributed by atoms with Gasteiger partial charge in [-0.1, -0.05) is 19.1 Å². The lowest BCUT2D eigenvalue weighted by atomic mass is 10.0. The molecule has 1 fully saturated rings. The van der Waals surface area contributed by atoms with Crippen LogP contribution in [0.4, 0.5) is 0 Å². The Bertz CT molecular complexity index is 741. The number of benzene rings is 1. The van der Waals surface area contributed by atoms with E-state index in [9.17, 15) is 5.11 Å². The molecule has 2 aromatic rings. The molecule has 6 heteroatoms. The Morgan fingerprint density at radius 1 is 1.11 bits per heavy atom. The maximum atomic E-state index is 10.4. The van der Waals surface area contributed by atoms with E-state index in [1.54, 1.807) is 6.07 Å². The van der Waals surface area contributed by atoms with Gasteiger partial charge in [-0.05, 0) is 43.9 Å². The largest absolute Gasteiger partial charge is 0.507 e. The molecule has 1 atom stereocenters. The van der Waals surface area contributed by atoms with Gasteiger partial charge in [0.25, 0.3) is 0 Å². The van der Waals surface area contributed by atoms with Crippen molar-refractivity contribution in [2.75, 3.05) is 33.0 Å². The first kappa shape index (κ1) is 20.4. The van der Waals surface area contributed by atoms with Crippen molar-refractivity contribution in [3.8, 4) is 17.4 Å². The van der Waals surface area contributed by atoms with Gasteiger partial charge in [0, 0.05) is 11.6 Å². The summed E-state index contributed by atoms with van der Waals surface area (Å²) in [5.41, 5.74) is 2.94. The van der Waals surface area contributed by atoms with Crippen molar-refractivity contribution < 1.29 is 24.1 Å². The van der Waals surface area contributed by atoms with Gasteiger partial charge < -0.3 is 24.1 Å². The molecule has 1 saturated heterocycles. The van der Waals surface area contributed by atoms with Crippen LogP contribution in [0.3, 0.4) is 0 Å². The first-order valence-electron chi connectivity index (χ1n) is 9.95. The van der Waals surface area contributed by atoms with Gasteiger partial charge in [0.05, 0.1) is 32.1 Å². The van der Waals surface area contributed by atoms with Gasteiger partial charge in [-0.3, -0.25) is 0 Å². The lowest BCUT2D eigenvalue weighted by Gasteiger charge is -2.23. The number of rotatable bonds is 9. The van der Waals surface area contributed by atoms with Crippen LogP contribution in [0.2, 0.25) is 0 Å². The van der Waals surface area contributed by atoms with Crippen LogP contribution in [-0.2, 0) is 28.7 Å². The number of aromatic nitrogens is 1. The van der Waals surface area contributed by atoms with Gasteiger partial charge in [0.2, 0.25) is 5.88 Å². The van der Waals surface area contributed by atoms with E-state index in [2.05, 4.69) is 17.1 Å². The molecule has 0 saturated carbocycles. The van der Waals surface area contributed by atoms with Crippen LogP contribution < -0.4 is 9.47 Å². The molecule has 0 amide bonds. The first-order valence-corrected chi connectivity index (χ1v) is 9.95. The molecule has 152 valence electrons. The normalized spacial score (nSPS) is 16.7. The molecule has 1 aliphatic heterocycles. The number of hydrogen-bond acceptors (Lipinski definition) is 6. The smallest absolute Gasteiger partial charge is 0.217 e. The van der Waals surface area contributed by atoms with Crippen LogP contribution in [-0.4, -0.2) is 49.2 Å². The fourth-order valence-corrected chi connectivity index (χ4v) is 3.24. The first-order chi connectivity index (χ1) is 13.7. The van der Waals surface area contributed by atoms with Crippen LogP contribution in [0.25, 0.3) is 0 Å². The van der Waals surface area contributed by atoms with Gasteiger partial charge >= 0.3 is 0 Å². The molecule has 0 aliphatic carbocycles. The second-order valence-corrected chi connectivity index (χ2v) is 6.71. The SMILES string of the molecule is CCOc1ccc(CCc2nc(OCC3COCCO3)cc(O)c2CC)cc1. The van der Waals surface area contributed by atoms with Crippen molar-refractivity contribution in [1.29, 1.82) is 0 Å². The average Bonchev–Trinajstić information content (AvgIpc) is 2.72. The number of hydrogen-bond donors (Lipinski definition) is 1. The molecule has 0 spiro atoms. The zero-order chi connectivity index (χ0) is 19.8. The molecule has 1 N–H and O–H groups in total. The fourth-order valence-electron chi connectivity index (χ4n) is 3.24. The molecular weight excluding hydrogens is 358 g/mol. The van der Waals surface area contributed by atoms with Crippen molar-refractivity contribution in [3.63, 3.8) is 0 Å². The van der Waals surface area contributed by atoms with Crippen LogP contribution in [0.1, 0.15) is 30.7 Å². The second kappa shape index (κ2) is 10.3. The molecule has 1 aliphatic rings. The van der Waals surface area contributed by atoms with E-state index >= 15 is 0 Å². The van der Waals surface area contributed by atoms with E-state index in [0.717, 1.165) is 36.3 Å². The highest BCUT2D eigenvalue weighted by atomic mass is 16.6. The Morgan fingerprint density at radius 3 is 2.61 bits per heavy atom. The monoisotopic (exact) mass is 387 g/mol. The van der Waals surface area contributed by atoms with Crippen molar-refractivity contribution in [1.82, 2.24) is 4.98 Å². The van der Waals surface area contributed by atoms with Gasteiger partial charge in [0.1, 0.15) is 24.2 Å². The van der Waals surface area contributed by atoms with Crippen LogP contribution in [0, 0.1) is 0 Å². The van der Waals surface area contributed by atoms with E-state index in [1.807, 2.05) is 26.0 Å². The highest BCUT2D eigenvalue weighted by molar-refractivity contribution is 5.40. The van der Waals surface area contributed by atoms with Crippen molar-refractivity contribution in [3.05, 3.63) is 47.2 Å². The summed E-state index contributed by atoms with van der Waals surface area (Å²) in [7, 11) is 0. The highest BCUT2D eigenvalue weighted by Gasteiger charge is 2.17. The Morgan fingerprint density at radius 2 is 1.93 bits per heavy atom. The van der Waals surface area contributed by atoms with E-state index in [1.165, 1.54) is 5.56 Å². The molecule has 0 bridgehead atoms. The van der Waals surface area contributed by atoms with Gasteiger partial charge in [-0.25, -0.2) is 4.98 Å². The lowest BCUT2D eigenvalue weighted by molar-refractivity contribution is -0.102. The molecule has 6 nitrogen and oxygen atoms in total. The minimum absolute atomic E-state index is 0.101. The Labute approximate surface area is 166 Å². The third-order valence-electron chi connectivity index (χ3n) is 4.70. The minimum Gasteiger partial charge on any atom is -0.507 e. The van der Waals surface area contributed by atoms with Gasteiger partial charge in [-0.15, -0.1) is 0 Å². The highest BCUT2D eigenvalue weighted by Crippen LogP contribution is 2.27. The summed E-state index contributed by atoms with van der Waals surface area (Å²) in [4.78, 5) is 4.65. The van der Waals surface area contributed by atoms with E-state index in [-0.39, 0.29) is 11.9 Å². The molecule has 1 unspecified atom stereocenters. The number of aryl methyl sites for hydroxylation is 2. The number of ether oxygens (including phenoxy) is 4. The maximum absolute atomic E-state index is 10.4. The Kier molecular flexibility index (Phi) is 7.51. The number of pyridine rings is 1. The maximum Gasteiger partial charge on any atom is 0.217 e. The Balaban J connectivity index is 1.65. The third-order valence-corrected chi connectivity index (χ3v) is 4.70. The molecule has 0 radical (unpaired) electrons. The van der Waals surface area contributed by atoms with Gasteiger partial charge in [-0.2, -0.15) is 0 Å². The predicted molar refractivity (Wildman–Crippen MR) is 106 cm³/mol. The third kappa shape index (κ3) is 5.59. The van der Waals surface area contributed by atoms with E-state index in [4.69, 9.17) is 18.9 Å². The summed E-state index contributed by atoms with van der Waals surface area (Å²) < 4.78 is 22.2. The van der Waals surface area contributed by atoms with Crippen LogP contribution in [0.15, 0.2) is 30.3 Å². The summed E-state index contributed by atoms with van der Waals surface area (Å²) in [5.74, 6) is 1.53. The van der Waals surface area contributed by atoms with Crippen molar-refractivity contribution in [2.45, 2.75) is 39.2 Å². The topological polar surface area (TPSA) is 70.0 Å². The summed E-state index contributed by atoms with van der Waals surface area (Å²) in [6.45, 7) is 6.73. The second-order valence-electron chi connectivity index (χ2n) is 6.71.